The smallest absolute Gasteiger partial charge is 0.187 e. The molecule has 2 aliphatic heterocycles. The fourth-order valence-corrected chi connectivity index (χ4v) is 8.22. The first-order chi connectivity index (χ1) is 32.6. The van der Waals surface area contributed by atoms with E-state index in [0.717, 1.165) is 33.4 Å². The van der Waals surface area contributed by atoms with Crippen LogP contribution in [0.5, 0.6) is 0 Å². The lowest BCUT2D eigenvalue weighted by molar-refractivity contribution is -0.373. The van der Waals surface area contributed by atoms with E-state index in [4.69, 9.17) is 47.4 Å². The summed E-state index contributed by atoms with van der Waals surface area (Å²) in [7, 11) is 1.57. The van der Waals surface area contributed by atoms with Crippen molar-refractivity contribution < 1.29 is 52.5 Å². The van der Waals surface area contributed by atoms with Gasteiger partial charge in [-0.1, -0.05) is 182 Å². The minimum atomic E-state index is -1.35. The third-order valence-electron chi connectivity index (χ3n) is 11.7. The van der Waals surface area contributed by atoms with E-state index >= 15 is 0 Å². The average Bonchev–Trinajstić information content (AvgIpc) is 3.37. The number of aliphatic hydroxyl groups is 1. The Balaban J connectivity index is 1.13. The molecule has 1 N–H and O–H groups in total. The summed E-state index contributed by atoms with van der Waals surface area (Å²) in [5, 5.41) is 12.6. The molecule has 0 aliphatic carbocycles. The third kappa shape index (κ3) is 13.5. The molecule has 2 aliphatic rings. The molecule has 6 aromatic carbocycles. The molecule has 2 heterocycles. The molecule has 0 aromatic heterocycles. The fourth-order valence-electron chi connectivity index (χ4n) is 8.22. The monoisotopic (exact) mass is 896 g/mol. The highest BCUT2D eigenvalue weighted by Crippen LogP contribution is 2.35. The minimum Gasteiger partial charge on any atom is -0.385 e. The maximum Gasteiger partial charge on any atom is 0.187 e. The van der Waals surface area contributed by atoms with Crippen LogP contribution in [0.1, 0.15) is 33.4 Å². The predicted molar refractivity (Wildman–Crippen MR) is 247 cm³/mol. The van der Waals surface area contributed by atoms with Gasteiger partial charge in [-0.25, -0.2) is 0 Å². The van der Waals surface area contributed by atoms with Crippen molar-refractivity contribution in [2.24, 2.45) is 0 Å². The summed E-state index contributed by atoms with van der Waals surface area (Å²) in [6.45, 7) is 1.84. The quantitative estimate of drug-likeness (QED) is 0.0668. The van der Waals surface area contributed by atoms with E-state index in [1.54, 1.807) is 7.11 Å². The zero-order chi connectivity index (χ0) is 45.2. The van der Waals surface area contributed by atoms with Gasteiger partial charge in [0.15, 0.2) is 12.6 Å². The third-order valence-corrected chi connectivity index (χ3v) is 11.7. The van der Waals surface area contributed by atoms with Crippen LogP contribution >= 0.6 is 0 Å². The average molecular weight is 897 g/mol. The minimum absolute atomic E-state index is 0.110. The molecule has 66 heavy (non-hydrogen) atoms. The van der Waals surface area contributed by atoms with Crippen LogP contribution in [0.15, 0.2) is 182 Å². The van der Waals surface area contributed by atoms with Crippen molar-refractivity contribution in [3.8, 4) is 0 Å². The molecule has 0 saturated carbocycles. The molecule has 6 aromatic rings. The van der Waals surface area contributed by atoms with Crippen LogP contribution in [-0.2, 0) is 87.0 Å². The van der Waals surface area contributed by atoms with E-state index in [0.29, 0.717) is 13.2 Å². The molecule has 0 spiro atoms. The van der Waals surface area contributed by atoms with Crippen molar-refractivity contribution in [1.82, 2.24) is 0 Å². The molecule has 346 valence electrons. The Morgan fingerprint density at radius 3 is 1.03 bits per heavy atom. The van der Waals surface area contributed by atoms with Crippen molar-refractivity contribution in [2.45, 2.75) is 101 Å². The molecule has 2 saturated heterocycles. The number of benzene rings is 6. The summed E-state index contributed by atoms with van der Waals surface area (Å²) in [6.07, 6.45) is -9.26. The van der Waals surface area contributed by atoms with Gasteiger partial charge in [-0.3, -0.25) is 0 Å². The van der Waals surface area contributed by atoms with Gasteiger partial charge in [0.2, 0.25) is 0 Å². The van der Waals surface area contributed by atoms with Crippen LogP contribution in [0.2, 0.25) is 0 Å². The number of hydrogen-bond donors (Lipinski definition) is 1. The molecule has 0 bridgehead atoms. The Morgan fingerprint density at radius 2 is 0.667 bits per heavy atom. The number of rotatable bonds is 23. The second-order valence-electron chi connectivity index (χ2n) is 16.5. The number of ether oxygens (including phenoxy) is 10. The summed E-state index contributed by atoms with van der Waals surface area (Å²) in [6, 6.07) is 59.4. The Kier molecular flexibility index (Phi) is 18.0. The molecule has 2 fully saturated rings. The Hall–Kier alpha value is -5.12. The number of hydrogen-bond acceptors (Lipinski definition) is 11. The van der Waals surface area contributed by atoms with E-state index in [9.17, 15) is 5.11 Å². The first-order valence-electron chi connectivity index (χ1n) is 22.6. The van der Waals surface area contributed by atoms with Crippen LogP contribution < -0.4 is 0 Å². The van der Waals surface area contributed by atoms with Gasteiger partial charge < -0.3 is 52.5 Å². The van der Waals surface area contributed by atoms with Crippen LogP contribution in [0.4, 0.5) is 0 Å². The lowest BCUT2D eigenvalue weighted by Gasteiger charge is -2.49. The fraction of sp³-hybridized carbons (Fsp3) is 0.345. The van der Waals surface area contributed by atoms with Gasteiger partial charge in [-0.15, -0.1) is 0 Å². The normalized spacial score (nSPS) is 25.4. The number of aliphatic hydroxyl groups excluding tert-OH is 1. The highest BCUT2D eigenvalue weighted by molar-refractivity contribution is 5.18. The summed E-state index contributed by atoms with van der Waals surface area (Å²) >= 11 is 0. The number of methoxy groups -OCH3 is 1. The summed E-state index contributed by atoms with van der Waals surface area (Å²) in [5.41, 5.74) is 5.81. The molecule has 11 nitrogen and oxygen atoms in total. The standard InChI is InChI=1S/C55H60O11/c1-57-55-53(63-37-45-30-18-7-19-31-45)52(50(61-35-43-26-14-5-15-27-43)47(65-55)39-59-33-41-22-10-3-11-23-41)66-54-48(56)51(62-36-44-28-16-6-17-29-44)49(60-34-42-24-12-4-13-25-42)46(64-54)38-58-32-40-20-8-2-9-21-40/h2-31,46-56H,32-39H2,1H3/t46-,47-,48-,49-,50-,51-,52+,53-,54+,55-/m1/s1. The molecule has 11 heteroatoms. The maximum atomic E-state index is 12.6. The zero-order valence-electron chi connectivity index (χ0n) is 37.3. The van der Waals surface area contributed by atoms with Gasteiger partial charge >= 0.3 is 0 Å². The molecule has 8 rings (SSSR count). The van der Waals surface area contributed by atoms with Gasteiger partial charge in [-0.2, -0.15) is 0 Å². The van der Waals surface area contributed by atoms with E-state index < -0.39 is 61.4 Å². The van der Waals surface area contributed by atoms with E-state index in [2.05, 4.69) is 0 Å². The van der Waals surface area contributed by atoms with E-state index in [-0.39, 0.29) is 39.6 Å². The second-order valence-corrected chi connectivity index (χ2v) is 16.5. The van der Waals surface area contributed by atoms with Crippen LogP contribution in [0.3, 0.4) is 0 Å². The Bertz CT molecular complexity index is 2220. The van der Waals surface area contributed by atoms with Crippen LogP contribution in [-0.4, -0.2) is 86.8 Å². The predicted octanol–water partition coefficient (Wildman–Crippen LogP) is 8.60. The first kappa shape index (κ1) is 47.4. The maximum absolute atomic E-state index is 12.6. The zero-order valence-corrected chi connectivity index (χ0v) is 37.3. The van der Waals surface area contributed by atoms with Crippen molar-refractivity contribution in [3.63, 3.8) is 0 Å². The molecular formula is C55H60O11. The van der Waals surface area contributed by atoms with Crippen LogP contribution in [0, 0.1) is 0 Å². The molecule has 0 amide bonds. The molecular weight excluding hydrogens is 837 g/mol. The topological polar surface area (TPSA) is 113 Å². The van der Waals surface area contributed by atoms with Crippen molar-refractivity contribution in [3.05, 3.63) is 215 Å². The van der Waals surface area contributed by atoms with Gasteiger partial charge in [0.1, 0.15) is 48.8 Å². The van der Waals surface area contributed by atoms with E-state index in [1.165, 1.54) is 0 Å². The second kappa shape index (κ2) is 25.1. The van der Waals surface area contributed by atoms with Gasteiger partial charge in [0.25, 0.3) is 0 Å². The van der Waals surface area contributed by atoms with Crippen molar-refractivity contribution >= 4 is 0 Å². The summed E-state index contributed by atoms with van der Waals surface area (Å²) in [4.78, 5) is 0. The molecule has 10 atom stereocenters. The van der Waals surface area contributed by atoms with Gasteiger partial charge in [0.05, 0.1) is 52.9 Å². The summed E-state index contributed by atoms with van der Waals surface area (Å²) < 4.78 is 66.4. The lowest BCUT2D eigenvalue weighted by atomic mass is 9.96. The Labute approximate surface area is 388 Å². The van der Waals surface area contributed by atoms with Gasteiger partial charge in [-0.05, 0) is 33.4 Å². The van der Waals surface area contributed by atoms with Gasteiger partial charge in [0, 0.05) is 7.11 Å². The van der Waals surface area contributed by atoms with Crippen molar-refractivity contribution in [2.75, 3.05) is 20.3 Å². The van der Waals surface area contributed by atoms with Crippen molar-refractivity contribution in [1.29, 1.82) is 0 Å². The molecule has 0 radical (unpaired) electrons. The van der Waals surface area contributed by atoms with E-state index in [1.807, 2.05) is 182 Å². The lowest BCUT2D eigenvalue weighted by Crippen LogP contribution is -2.66. The molecule has 0 unspecified atom stereocenters. The highest BCUT2D eigenvalue weighted by Gasteiger charge is 2.54. The highest BCUT2D eigenvalue weighted by atomic mass is 16.8. The van der Waals surface area contributed by atoms with Crippen LogP contribution in [0.25, 0.3) is 0 Å². The summed E-state index contributed by atoms with van der Waals surface area (Å²) in [5.74, 6) is 0. The largest absolute Gasteiger partial charge is 0.385 e. The first-order valence-corrected chi connectivity index (χ1v) is 22.6. The SMILES string of the molecule is CO[C@@H]1O[C@H](COCc2ccccc2)[C@@H](OCc2ccccc2)[C@H](O[C@@H]2O[C@H](COCc3ccccc3)[C@@H](OCc3ccccc3)[C@H](OCc3ccccc3)[C@H]2O)[C@H]1OCc1ccccc1. The Morgan fingerprint density at radius 1 is 0.364 bits per heavy atom.